The lowest BCUT2D eigenvalue weighted by Gasteiger charge is -2.11. The molecule has 1 N–H and O–H groups in total. The largest absolute Gasteiger partial charge is 0.491 e. The molecule has 0 radical (unpaired) electrons. The molecule has 1 aromatic heterocycles. The third kappa shape index (κ3) is 4.76. The van der Waals surface area contributed by atoms with Gasteiger partial charge in [-0.25, -0.2) is 0 Å². The average molecular weight is 351 g/mol. The van der Waals surface area contributed by atoms with Crippen molar-refractivity contribution in [2.75, 3.05) is 13.7 Å². The molecule has 1 heterocycles. The zero-order chi connectivity index (χ0) is 17.5. The molecule has 0 spiro atoms. The van der Waals surface area contributed by atoms with Gasteiger partial charge in [0.25, 0.3) is 0 Å². The SMILES string of the molecule is CCOc1cc(/C=C/C(=O)NCc2cc(C)on2)cc(Cl)c1OC. The van der Waals surface area contributed by atoms with Gasteiger partial charge in [0.2, 0.25) is 5.91 Å². The van der Waals surface area contributed by atoms with Crippen LogP contribution in [0.25, 0.3) is 6.08 Å². The summed E-state index contributed by atoms with van der Waals surface area (Å²) in [5, 5.41) is 6.95. The summed E-state index contributed by atoms with van der Waals surface area (Å²) in [5.41, 5.74) is 1.40. The van der Waals surface area contributed by atoms with Gasteiger partial charge in [0.1, 0.15) is 11.5 Å². The Morgan fingerprint density at radius 2 is 2.21 bits per heavy atom. The molecule has 2 rings (SSSR count). The van der Waals surface area contributed by atoms with Gasteiger partial charge in [0, 0.05) is 12.1 Å². The second-order valence-electron chi connectivity index (χ2n) is 4.95. The van der Waals surface area contributed by atoms with Crippen molar-refractivity contribution in [2.45, 2.75) is 20.4 Å². The predicted molar refractivity (Wildman–Crippen MR) is 91.3 cm³/mol. The molecule has 0 unspecified atom stereocenters. The molecule has 128 valence electrons. The first-order valence-corrected chi connectivity index (χ1v) is 7.79. The Kier molecular flexibility index (Phi) is 6.26. The molecule has 0 aliphatic heterocycles. The van der Waals surface area contributed by atoms with Crippen LogP contribution < -0.4 is 14.8 Å². The smallest absolute Gasteiger partial charge is 0.244 e. The molecule has 0 aliphatic rings. The highest BCUT2D eigenvalue weighted by Gasteiger charge is 2.10. The van der Waals surface area contributed by atoms with E-state index in [1.807, 2.05) is 6.92 Å². The zero-order valence-electron chi connectivity index (χ0n) is 13.8. The molecule has 7 heteroatoms. The van der Waals surface area contributed by atoms with E-state index in [0.717, 1.165) is 5.56 Å². The quantitative estimate of drug-likeness (QED) is 0.775. The van der Waals surface area contributed by atoms with Crippen LogP contribution in [0.2, 0.25) is 5.02 Å². The lowest BCUT2D eigenvalue weighted by Crippen LogP contribution is -2.20. The molecular formula is C17H19ClN2O4. The zero-order valence-corrected chi connectivity index (χ0v) is 14.5. The van der Waals surface area contributed by atoms with Crippen LogP contribution in [-0.2, 0) is 11.3 Å². The number of amides is 1. The summed E-state index contributed by atoms with van der Waals surface area (Å²) in [4.78, 5) is 11.9. The van der Waals surface area contributed by atoms with E-state index in [2.05, 4.69) is 10.5 Å². The minimum absolute atomic E-state index is 0.249. The lowest BCUT2D eigenvalue weighted by atomic mass is 10.2. The standard InChI is InChI=1S/C17H19ClN2O4/c1-4-23-15-9-12(8-14(18)17(15)22-3)5-6-16(21)19-10-13-7-11(2)24-20-13/h5-9H,4,10H2,1-3H3,(H,19,21)/b6-5+. The first-order valence-electron chi connectivity index (χ1n) is 7.42. The van der Waals surface area contributed by atoms with Crippen LogP contribution in [0.4, 0.5) is 0 Å². The van der Waals surface area contributed by atoms with Crippen molar-refractivity contribution in [1.82, 2.24) is 10.5 Å². The third-order valence-corrected chi connectivity index (χ3v) is 3.36. The summed E-state index contributed by atoms with van der Waals surface area (Å²) in [6, 6.07) is 5.23. The summed E-state index contributed by atoms with van der Waals surface area (Å²) in [7, 11) is 1.53. The van der Waals surface area contributed by atoms with Crippen molar-refractivity contribution in [3.05, 3.63) is 46.3 Å². The molecular weight excluding hydrogens is 332 g/mol. The molecule has 0 aliphatic carbocycles. The molecule has 2 aromatic rings. The predicted octanol–water partition coefficient (Wildman–Crippen LogP) is 3.37. The normalized spacial score (nSPS) is 10.8. The van der Waals surface area contributed by atoms with E-state index in [1.54, 1.807) is 31.2 Å². The first-order chi connectivity index (χ1) is 11.5. The second kappa shape index (κ2) is 8.40. The van der Waals surface area contributed by atoms with E-state index in [0.29, 0.717) is 41.1 Å². The molecule has 0 saturated carbocycles. The summed E-state index contributed by atoms with van der Waals surface area (Å²) in [6.45, 7) is 4.45. The summed E-state index contributed by atoms with van der Waals surface area (Å²) >= 11 is 6.17. The maximum absolute atomic E-state index is 11.9. The molecule has 0 atom stereocenters. The number of carbonyl (C=O) groups is 1. The molecule has 0 saturated heterocycles. The maximum atomic E-state index is 11.9. The van der Waals surface area contributed by atoms with Gasteiger partial charge in [-0.1, -0.05) is 16.8 Å². The Balaban J connectivity index is 2.03. The number of halogens is 1. The first kappa shape index (κ1) is 17.9. The number of aromatic nitrogens is 1. The highest BCUT2D eigenvalue weighted by molar-refractivity contribution is 6.32. The van der Waals surface area contributed by atoms with Gasteiger partial charge in [0.05, 0.1) is 25.3 Å². The van der Waals surface area contributed by atoms with Gasteiger partial charge in [-0.05, 0) is 37.6 Å². The van der Waals surface area contributed by atoms with Crippen molar-refractivity contribution >= 4 is 23.6 Å². The van der Waals surface area contributed by atoms with Gasteiger partial charge in [-0.2, -0.15) is 0 Å². The fourth-order valence-electron chi connectivity index (χ4n) is 2.05. The fraction of sp³-hybridized carbons (Fsp3) is 0.294. The Morgan fingerprint density at radius 3 is 2.83 bits per heavy atom. The molecule has 1 amide bonds. The van der Waals surface area contributed by atoms with E-state index >= 15 is 0 Å². The number of nitrogens with one attached hydrogen (secondary N) is 1. The Labute approximate surface area is 145 Å². The average Bonchev–Trinajstić information content (AvgIpc) is 2.96. The number of carbonyl (C=O) groups excluding carboxylic acids is 1. The van der Waals surface area contributed by atoms with Crippen LogP contribution in [0.15, 0.2) is 28.8 Å². The highest BCUT2D eigenvalue weighted by Crippen LogP contribution is 2.36. The number of ether oxygens (including phenoxy) is 2. The van der Waals surface area contributed by atoms with Crippen LogP contribution in [0.5, 0.6) is 11.5 Å². The van der Waals surface area contributed by atoms with E-state index in [-0.39, 0.29) is 5.91 Å². The van der Waals surface area contributed by atoms with E-state index in [4.69, 9.17) is 25.6 Å². The summed E-state index contributed by atoms with van der Waals surface area (Å²) in [5.74, 6) is 1.46. The van der Waals surface area contributed by atoms with Crippen molar-refractivity contribution in [3.63, 3.8) is 0 Å². The number of methoxy groups -OCH3 is 1. The molecule has 1 aromatic carbocycles. The topological polar surface area (TPSA) is 73.6 Å². The minimum Gasteiger partial charge on any atom is -0.491 e. The Hall–Kier alpha value is -2.47. The van der Waals surface area contributed by atoms with E-state index < -0.39 is 0 Å². The van der Waals surface area contributed by atoms with Crippen LogP contribution >= 0.6 is 11.6 Å². The van der Waals surface area contributed by atoms with Gasteiger partial charge in [0.15, 0.2) is 11.5 Å². The van der Waals surface area contributed by atoms with Gasteiger partial charge in [-0.15, -0.1) is 0 Å². The second-order valence-corrected chi connectivity index (χ2v) is 5.35. The molecule has 6 nitrogen and oxygen atoms in total. The number of rotatable bonds is 7. The third-order valence-electron chi connectivity index (χ3n) is 3.08. The van der Waals surface area contributed by atoms with Crippen LogP contribution in [-0.4, -0.2) is 24.8 Å². The van der Waals surface area contributed by atoms with Gasteiger partial charge in [-0.3, -0.25) is 4.79 Å². The summed E-state index contributed by atoms with van der Waals surface area (Å²) < 4.78 is 15.7. The summed E-state index contributed by atoms with van der Waals surface area (Å²) in [6.07, 6.45) is 3.07. The maximum Gasteiger partial charge on any atom is 0.244 e. The van der Waals surface area contributed by atoms with Crippen LogP contribution in [0, 0.1) is 6.92 Å². The van der Waals surface area contributed by atoms with Crippen molar-refractivity contribution in [2.24, 2.45) is 0 Å². The monoisotopic (exact) mass is 350 g/mol. The molecule has 0 bridgehead atoms. The fourth-order valence-corrected chi connectivity index (χ4v) is 2.35. The van der Waals surface area contributed by atoms with Gasteiger partial charge >= 0.3 is 0 Å². The lowest BCUT2D eigenvalue weighted by molar-refractivity contribution is -0.116. The number of hydrogen-bond donors (Lipinski definition) is 1. The van der Waals surface area contributed by atoms with Crippen molar-refractivity contribution in [3.8, 4) is 11.5 Å². The van der Waals surface area contributed by atoms with Crippen molar-refractivity contribution in [1.29, 1.82) is 0 Å². The highest BCUT2D eigenvalue weighted by atomic mass is 35.5. The minimum atomic E-state index is -0.249. The van der Waals surface area contributed by atoms with Crippen molar-refractivity contribution < 1.29 is 18.8 Å². The van der Waals surface area contributed by atoms with E-state index in [1.165, 1.54) is 13.2 Å². The van der Waals surface area contributed by atoms with Crippen LogP contribution in [0.1, 0.15) is 23.9 Å². The number of benzene rings is 1. The van der Waals surface area contributed by atoms with Gasteiger partial charge < -0.3 is 19.3 Å². The number of aryl methyl sites for hydroxylation is 1. The molecule has 0 fully saturated rings. The number of hydrogen-bond acceptors (Lipinski definition) is 5. The molecule has 24 heavy (non-hydrogen) atoms. The van der Waals surface area contributed by atoms with Crippen LogP contribution in [0.3, 0.4) is 0 Å². The van der Waals surface area contributed by atoms with E-state index in [9.17, 15) is 4.79 Å². The number of nitrogens with zero attached hydrogens (tertiary/aromatic N) is 1. The Morgan fingerprint density at radius 1 is 1.42 bits per heavy atom. The Bertz CT molecular complexity index is 740.